The molecule has 0 saturated heterocycles. The van der Waals surface area contributed by atoms with Gasteiger partial charge in [0.25, 0.3) is 0 Å². The van der Waals surface area contributed by atoms with Crippen LogP contribution in [0.5, 0.6) is 5.75 Å². The van der Waals surface area contributed by atoms with E-state index >= 15 is 0 Å². The van der Waals surface area contributed by atoms with Gasteiger partial charge in [-0.1, -0.05) is 47.1 Å². The normalized spacial score (nSPS) is 18.1. The fourth-order valence-corrected chi connectivity index (χ4v) is 2.96. The molecule has 1 atom stereocenters. The van der Waals surface area contributed by atoms with Crippen LogP contribution in [0.15, 0.2) is 53.7 Å². The summed E-state index contributed by atoms with van der Waals surface area (Å²) in [5.74, 6) is 0.876. The van der Waals surface area contributed by atoms with Gasteiger partial charge in [-0.05, 0) is 45.1 Å². The van der Waals surface area contributed by atoms with Gasteiger partial charge in [0.2, 0.25) is 0 Å². The zero-order valence-electron chi connectivity index (χ0n) is 15.2. The molecule has 25 heavy (non-hydrogen) atoms. The summed E-state index contributed by atoms with van der Waals surface area (Å²) in [5.41, 5.74) is 4.36. The molecule has 1 aliphatic rings. The van der Waals surface area contributed by atoms with E-state index in [1.807, 2.05) is 24.3 Å². The molecule has 1 aliphatic heterocycles. The largest absolute Gasteiger partial charge is 0.485 e. The van der Waals surface area contributed by atoms with Crippen LogP contribution in [0, 0.1) is 6.92 Å². The number of hydrogen-bond donors (Lipinski definition) is 0. The number of ether oxygens (including phenoxy) is 1. The third-order valence-electron chi connectivity index (χ3n) is 4.28. The van der Waals surface area contributed by atoms with E-state index < -0.39 is 0 Å². The predicted octanol–water partition coefficient (Wildman–Crippen LogP) is 4.19. The highest BCUT2D eigenvalue weighted by atomic mass is 16.6. The fraction of sp³-hybridized carbons (Fsp3) is 0.381. The zero-order valence-corrected chi connectivity index (χ0v) is 15.2. The van der Waals surface area contributed by atoms with Gasteiger partial charge in [0.05, 0.1) is 5.71 Å². The highest BCUT2D eigenvalue weighted by Gasteiger charge is 2.26. The molecule has 4 nitrogen and oxygen atoms in total. The third-order valence-corrected chi connectivity index (χ3v) is 4.28. The number of nitrogens with zero attached hydrogens (tertiary/aromatic N) is 2. The van der Waals surface area contributed by atoms with Crippen molar-refractivity contribution in [1.82, 2.24) is 4.90 Å². The Labute approximate surface area is 150 Å². The Morgan fingerprint density at radius 1 is 1.16 bits per heavy atom. The van der Waals surface area contributed by atoms with Crippen LogP contribution in [0.4, 0.5) is 0 Å². The summed E-state index contributed by atoms with van der Waals surface area (Å²) in [6.45, 7) is 3.70. The monoisotopic (exact) mass is 338 g/mol. The van der Waals surface area contributed by atoms with Crippen LogP contribution in [0.2, 0.25) is 0 Å². The summed E-state index contributed by atoms with van der Waals surface area (Å²) < 4.78 is 6.22. The number of aryl methyl sites for hydroxylation is 1. The van der Waals surface area contributed by atoms with Crippen LogP contribution in [0.1, 0.15) is 35.6 Å². The van der Waals surface area contributed by atoms with Crippen molar-refractivity contribution < 1.29 is 9.57 Å². The van der Waals surface area contributed by atoms with E-state index in [0.717, 1.165) is 35.6 Å². The maximum Gasteiger partial charge on any atom is 0.129 e. The molecular weight excluding hydrogens is 312 g/mol. The summed E-state index contributed by atoms with van der Waals surface area (Å²) >= 11 is 0. The molecule has 0 radical (unpaired) electrons. The molecule has 0 bridgehead atoms. The molecule has 2 aromatic rings. The maximum atomic E-state index is 6.22. The van der Waals surface area contributed by atoms with Gasteiger partial charge < -0.3 is 14.5 Å². The van der Waals surface area contributed by atoms with Crippen molar-refractivity contribution >= 4 is 5.71 Å². The van der Waals surface area contributed by atoms with E-state index in [2.05, 4.69) is 55.3 Å². The lowest BCUT2D eigenvalue weighted by Crippen LogP contribution is -2.21. The Morgan fingerprint density at radius 3 is 2.72 bits per heavy atom. The topological polar surface area (TPSA) is 34.1 Å². The molecule has 0 saturated carbocycles. The minimum atomic E-state index is -0.0273. The predicted molar refractivity (Wildman–Crippen MR) is 101 cm³/mol. The molecule has 0 aliphatic carbocycles. The lowest BCUT2D eigenvalue weighted by molar-refractivity contribution is 0.131. The van der Waals surface area contributed by atoms with Crippen molar-refractivity contribution in [1.29, 1.82) is 0 Å². The number of fused-ring (bicyclic) bond motifs is 1. The van der Waals surface area contributed by atoms with Crippen molar-refractivity contribution in [2.75, 3.05) is 27.2 Å². The van der Waals surface area contributed by atoms with Gasteiger partial charge in [-0.2, -0.15) is 0 Å². The number of oxime groups is 1. The Balaban J connectivity index is 1.78. The lowest BCUT2D eigenvalue weighted by Gasteiger charge is -2.27. The maximum absolute atomic E-state index is 6.22. The second-order valence-electron chi connectivity index (χ2n) is 6.75. The Hall–Kier alpha value is -2.33. The van der Waals surface area contributed by atoms with Gasteiger partial charge in [0, 0.05) is 18.5 Å². The molecule has 0 N–H and O–H groups in total. The zero-order chi connectivity index (χ0) is 17.6. The SMILES string of the molecule is Cc1ccc2c(c1)/C(=N/OCCCN(C)C)CC(c1ccccc1)O2. The Morgan fingerprint density at radius 2 is 1.96 bits per heavy atom. The molecule has 2 aromatic carbocycles. The van der Waals surface area contributed by atoms with Gasteiger partial charge in [0.15, 0.2) is 0 Å². The van der Waals surface area contributed by atoms with E-state index in [4.69, 9.17) is 9.57 Å². The molecule has 1 heterocycles. The average Bonchev–Trinajstić information content (AvgIpc) is 2.62. The summed E-state index contributed by atoms with van der Waals surface area (Å²) in [7, 11) is 4.13. The van der Waals surface area contributed by atoms with Gasteiger partial charge in [0.1, 0.15) is 18.5 Å². The van der Waals surface area contributed by atoms with E-state index in [1.165, 1.54) is 5.56 Å². The fourth-order valence-electron chi connectivity index (χ4n) is 2.96. The summed E-state index contributed by atoms with van der Waals surface area (Å²) in [5, 5.41) is 4.46. The first-order chi connectivity index (χ1) is 12.1. The van der Waals surface area contributed by atoms with Gasteiger partial charge in [-0.25, -0.2) is 0 Å². The number of rotatable bonds is 6. The molecule has 3 rings (SSSR count). The van der Waals surface area contributed by atoms with Crippen LogP contribution in [0.3, 0.4) is 0 Å². The van der Waals surface area contributed by atoms with Gasteiger partial charge in [-0.15, -0.1) is 0 Å². The van der Waals surface area contributed by atoms with Crippen LogP contribution >= 0.6 is 0 Å². The van der Waals surface area contributed by atoms with E-state index in [1.54, 1.807) is 0 Å². The van der Waals surface area contributed by atoms with E-state index in [0.29, 0.717) is 13.0 Å². The molecule has 4 heteroatoms. The standard InChI is InChI=1S/C21H26N2O2/c1-16-10-11-20-18(14-16)19(22-24-13-7-12-23(2)3)15-21(25-20)17-8-5-4-6-9-17/h4-6,8-11,14,21H,7,12-13,15H2,1-3H3/b22-19+. The molecule has 0 amide bonds. The first-order valence-electron chi connectivity index (χ1n) is 8.79. The molecule has 0 spiro atoms. The molecule has 0 fully saturated rings. The first-order valence-corrected chi connectivity index (χ1v) is 8.79. The van der Waals surface area contributed by atoms with Crippen LogP contribution < -0.4 is 4.74 Å². The quantitative estimate of drug-likeness (QED) is 0.585. The van der Waals surface area contributed by atoms with Gasteiger partial charge in [-0.3, -0.25) is 0 Å². The summed E-state index contributed by atoms with van der Waals surface area (Å²) in [4.78, 5) is 7.76. The third kappa shape index (κ3) is 4.60. The minimum Gasteiger partial charge on any atom is -0.485 e. The molecular formula is C21H26N2O2. The molecule has 0 aromatic heterocycles. The molecule has 1 unspecified atom stereocenters. The van der Waals surface area contributed by atoms with E-state index in [-0.39, 0.29) is 6.10 Å². The smallest absolute Gasteiger partial charge is 0.129 e. The second-order valence-corrected chi connectivity index (χ2v) is 6.75. The minimum absolute atomic E-state index is 0.0273. The van der Waals surface area contributed by atoms with Crippen molar-refractivity contribution in [2.24, 2.45) is 5.16 Å². The molecule has 132 valence electrons. The van der Waals surface area contributed by atoms with Gasteiger partial charge >= 0.3 is 0 Å². The van der Waals surface area contributed by atoms with Crippen LogP contribution in [-0.2, 0) is 4.84 Å². The highest BCUT2D eigenvalue weighted by molar-refractivity contribution is 6.04. The average molecular weight is 338 g/mol. The Bertz CT molecular complexity index is 726. The van der Waals surface area contributed by atoms with E-state index in [9.17, 15) is 0 Å². The van der Waals surface area contributed by atoms with Crippen molar-refractivity contribution in [3.8, 4) is 5.75 Å². The summed E-state index contributed by atoms with van der Waals surface area (Å²) in [6.07, 6.45) is 1.65. The highest BCUT2D eigenvalue weighted by Crippen LogP contribution is 2.35. The second kappa shape index (κ2) is 8.17. The summed E-state index contributed by atoms with van der Waals surface area (Å²) in [6, 6.07) is 16.5. The van der Waals surface area contributed by atoms with Crippen molar-refractivity contribution in [3.05, 3.63) is 65.2 Å². The Kier molecular flexibility index (Phi) is 5.71. The van der Waals surface area contributed by atoms with Crippen molar-refractivity contribution in [2.45, 2.75) is 25.9 Å². The lowest BCUT2D eigenvalue weighted by atomic mass is 9.95. The van der Waals surface area contributed by atoms with Crippen LogP contribution in [0.25, 0.3) is 0 Å². The number of hydrogen-bond acceptors (Lipinski definition) is 4. The van der Waals surface area contributed by atoms with Crippen molar-refractivity contribution in [3.63, 3.8) is 0 Å². The first kappa shape index (κ1) is 17.5. The number of benzene rings is 2. The van der Waals surface area contributed by atoms with Crippen LogP contribution in [-0.4, -0.2) is 37.9 Å².